The van der Waals surface area contributed by atoms with Crippen LogP contribution in [0, 0.1) is 5.92 Å². The highest BCUT2D eigenvalue weighted by Gasteiger charge is 2.17. The first-order valence-electron chi connectivity index (χ1n) is 6.83. The fourth-order valence-corrected chi connectivity index (χ4v) is 2.98. The fraction of sp³-hybridized carbons (Fsp3) is 0.600. The summed E-state index contributed by atoms with van der Waals surface area (Å²) in [7, 11) is 1.96. The topological polar surface area (TPSA) is 15.3 Å². The normalized spacial score (nSPS) is 22.0. The van der Waals surface area contributed by atoms with Crippen molar-refractivity contribution in [1.82, 2.24) is 5.32 Å². The summed E-state index contributed by atoms with van der Waals surface area (Å²) in [6, 6.07) is 6.76. The van der Waals surface area contributed by atoms with E-state index in [1.807, 2.05) is 7.05 Å². The minimum Gasteiger partial charge on any atom is -0.371 e. The van der Waals surface area contributed by atoms with Crippen LogP contribution in [0.1, 0.15) is 38.3 Å². The maximum Gasteiger partial charge on any atom is 0.0474 e. The van der Waals surface area contributed by atoms with E-state index >= 15 is 0 Å². The van der Waals surface area contributed by atoms with Gasteiger partial charge in [0.05, 0.1) is 0 Å². The summed E-state index contributed by atoms with van der Waals surface area (Å²) < 4.78 is 0. The minimum absolute atomic E-state index is 0.298. The fourth-order valence-electron chi connectivity index (χ4n) is 2.64. The molecular weight excluding hydrogens is 244 g/mol. The Morgan fingerprint density at radius 2 is 2.22 bits per heavy atom. The molecule has 18 heavy (non-hydrogen) atoms. The van der Waals surface area contributed by atoms with Gasteiger partial charge in [-0.05, 0) is 50.4 Å². The zero-order valence-electron chi connectivity index (χ0n) is 11.5. The molecule has 1 fully saturated rings. The zero-order chi connectivity index (χ0) is 13.1. The second-order valence-electron chi connectivity index (χ2n) is 5.41. The van der Waals surface area contributed by atoms with Crippen LogP contribution in [0.2, 0.25) is 5.02 Å². The lowest BCUT2D eigenvalue weighted by Crippen LogP contribution is -2.34. The van der Waals surface area contributed by atoms with Gasteiger partial charge in [-0.3, -0.25) is 0 Å². The molecule has 0 spiro atoms. The van der Waals surface area contributed by atoms with E-state index in [-0.39, 0.29) is 0 Å². The number of hydrogen-bond acceptors (Lipinski definition) is 2. The summed E-state index contributed by atoms with van der Waals surface area (Å²) >= 11 is 6.39. The molecule has 0 bridgehead atoms. The van der Waals surface area contributed by atoms with Crippen molar-refractivity contribution in [3.05, 3.63) is 28.8 Å². The van der Waals surface area contributed by atoms with Gasteiger partial charge in [0.25, 0.3) is 0 Å². The Labute approximate surface area is 115 Å². The Morgan fingerprint density at radius 3 is 2.83 bits per heavy atom. The molecule has 2 atom stereocenters. The maximum absolute atomic E-state index is 6.39. The molecule has 1 heterocycles. The lowest BCUT2D eigenvalue weighted by molar-refractivity contribution is 0.447. The third-order valence-electron chi connectivity index (χ3n) is 3.91. The number of hydrogen-bond donors (Lipinski definition) is 1. The number of benzene rings is 1. The monoisotopic (exact) mass is 266 g/mol. The van der Waals surface area contributed by atoms with Gasteiger partial charge in [0.15, 0.2) is 0 Å². The van der Waals surface area contributed by atoms with Crippen LogP contribution in [0.5, 0.6) is 0 Å². The second kappa shape index (κ2) is 5.94. The molecule has 1 aliphatic rings. The van der Waals surface area contributed by atoms with Gasteiger partial charge in [0.2, 0.25) is 0 Å². The van der Waals surface area contributed by atoms with E-state index < -0.39 is 0 Å². The Kier molecular flexibility index (Phi) is 4.52. The number of piperidine rings is 1. The van der Waals surface area contributed by atoms with Gasteiger partial charge < -0.3 is 10.2 Å². The van der Waals surface area contributed by atoms with Crippen LogP contribution in [-0.4, -0.2) is 20.1 Å². The first-order chi connectivity index (χ1) is 8.61. The Balaban J connectivity index is 2.17. The highest BCUT2D eigenvalue weighted by molar-refractivity contribution is 6.31. The molecular formula is C15H23ClN2. The van der Waals surface area contributed by atoms with Crippen LogP contribution in [-0.2, 0) is 0 Å². The van der Waals surface area contributed by atoms with Gasteiger partial charge in [-0.25, -0.2) is 0 Å². The third kappa shape index (κ3) is 2.99. The first-order valence-corrected chi connectivity index (χ1v) is 7.21. The van der Waals surface area contributed by atoms with E-state index in [9.17, 15) is 0 Å². The highest BCUT2D eigenvalue weighted by Crippen LogP contribution is 2.30. The van der Waals surface area contributed by atoms with E-state index in [0.29, 0.717) is 6.04 Å². The maximum atomic E-state index is 6.39. The summed E-state index contributed by atoms with van der Waals surface area (Å²) in [6.07, 6.45) is 2.63. The van der Waals surface area contributed by atoms with Crippen LogP contribution in [0.25, 0.3) is 0 Å². The van der Waals surface area contributed by atoms with Gasteiger partial charge in [0.1, 0.15) is 0 Å². The standard InChI is InChI=1S/C15H23ClN2/c1-11-5-4-8-18(10-11)13-6-7-14(12(2)17-3)15(16)9-13/h6-7,9,11-12,17H,4-5,8,10H2,1-3H3. The van der Waals surface area contributed by atoms with Crippen molar-refractivity contribution < 1.29 is 0 Å². The lowest BCUT2D eigenvalue weighted by atomic mass is 9.99. The molecule has 0 amide bonds. The largest absolute Gasteiger partial charge is 0.371 e. The van der Waals surface area contributed by atoms with Gasteiger partial charge in [-0.15, -0.1) is 0 Å². The van der Waals surface area contributed by atoms with Crippen molar-refractivity contribution in [3.8, 4) is 0 Å². The molecule has 1 aromatic carbocycles. The Bertz CT molecular complexity index is 405. The molecule has 0 saturated carbocycles. The summed E-state index contributed by atoms with van der Waals surface area (Å²) in [4.78, 5) is 2.45. The first kappa shape index (κ1) is 13.7. The molecule has 3 heteroatoms. The van der Waals surface area contributed by atoms with Crippen LogP contribution >= 0.6 is 11.6 Å². The van der Waals surface area contributed by atoms with E-state index in [4.69, 9.17) is 11.6 Å². The van der Waals surface area contributed by atoms with E-state index in [2.05, 4.69) is 42.3 Å². The third-order valence-corrected chi connectivity index (χ3v) is 4.23. The minimum atomic E-state index is 0.298. The average molecular weight is 267 g/mol. The summed E-state index contributed by atoms with van der Waals surface area (Å²) in [5.41, 5.74) is 2.44. The SMILES string of the molecule is CNC(C)c1ccc(N2CCCC(C)C2)cc1Cl. The molecule has 0 radical (unpaired) electrons. The number of anilines is 1. The van der Waals surface area contributed by atoms with Gasteiger partial charge >= 0.3 is 0 Å². The van der Waals surface area contributed by atoms with Crippen molar-refractivity contribution in [3.63, 3.8) is 0 Å². The number of rotatable bonds is 3. The highest BCUT2D eigenvalue weighted by atomic mass is 35.5. The van der Waals surface area contributed by atoms with Crippen molar-refractivity contribution in [2.24, 2.45) is 5.92 Å². The van der Waals surface area contributed by atoms with E-state index in [1.54, 1.807) is 0 Å². The van der Waals surface area contributed by atoms with Gasteiger partial charge in [0, 0.05) is 29.8 Å². The molecule has 2 rings (SSSR count). The average Bonchev–Trinajstić information content (AvgIpc) is 2.37. The summed E-state index contributed by atoms with van der Waals surface area (Å²) in [5.74, 6) is 0.786. The molecule has 0 aromatic heterocycles. The van der Waals surface area contributed by atoms with Crippen LogP contribution in [0.15, 0.2) is 18.2 Å². The zero-order valence-corrected chi connectivity index (χ0v) is 12.3. The van der Waals surface area contributed by atoms with Crippen LogP contribution in [0.3, 0.4) is 0 Å². The second-order valence-corrected chi connectivity index (χ2v) is 5.82. The molecule has 1 aliphatic heterocycles. The molecule has 2 unspecified atom stereocenters. The predicted molar refractivity (Wildman–Crippen MR) is 79.5 cm³/mol. The Hall–Kier alpha value is -0.730. The predicted octanol–water partition coefficient (Wildman–Crippen LogP) is 3.86. The number of nitrogens with one attached hydrogen (secondary N) is 1. The molecule has 1 N–H and O–H groups in total. The number of halogens is 1. The summed E-state index contributed by atoms with van der Waals surface area (Å²) in [5, 5.41) is 4.10. The van der Waals surface area contributed by atoms with Crippen molar-refractivity contribution in [2.75, 3.05) is 25.0 Å². The molecule has 1 saturated heterocycles. The molecule has 100 valence electrons. The molecule has 2 nitrogen and oxygen atoms in total. The van der Waals surface area contributed by atoms with Crippen molar-refractivity contribution in [1.29, 1.82) is 0 Å². The summed E-state index contributed by atoms with van der Waals surface area (Å²) in [6.45, 7) is 6.76. The quantitative estimate of drug-likeness (QED) is 0.894. The molecule has 1 aromatic rings. The van der Waals surface area contributed by atoms with Crippen molar-refractivity contribution in [2.45, 2.75) is 32.7 Å². The van der Waals surface area contributed by atoms with Gasteiger partial charge in [-0.1, -0.05) is 24.6 Å². The van der Waals surface area contributed by atoms with Crippen molar-refractivity contribution >= 4 is 17.3 Å². The Morgan fingerprint density at radius 1 is 1.44 bits per heavy atom. The van der Waals surface area contributed by atoms with Crippen LogP contribution in [0.4, 0.5) is 5.69 Å². The van der Waals surface area contributed by atoms with E-state index in [0.717, 1.165) is 24.0 Å². The van der Waals surface area contributed by atoms with Crippen LogP contribution < -0.4 is 10.2 Å². The molecule has 0 aliphatic carbocycles. The van der Waals surface area contributed by atoms with E-state index in [1.165, 1.54) is 24.1 Å². The lowest BCUT2D eigenvalue weighted by Gasteiger charge is -2.33. The number of nitrogens with zero attached hydrogens (tertiary/aromatic N) is 1. The van der Waals surface area contributed by atoms with Gasteiger partial charge in [-0.2, -0.15) is 0 Å². The smallest absolute Gasteiger partial charge is 0.0474 e.